The van der Waals surface area contributed by atoms with E-state index in [1.54, 1.807) is 6.07 Å². The average molecular weight is 300 g/mol. The Kier molecular flexibility index (Phi) is 4.21. The van der Waals surface area contributed by atoms with E-state index in [0.29, 0.717) is 22.2 Å². The first kappa shape index (κ1) is 13.5. The molecule has 0 bridgehead atoms. The topological polar surface area (TPSA) is 21.3 Å². The van der Waals surface area contributed by atoms with Gasteiger partial charge in [0.1, 0.15) is 5.75 Å². The zero-order valence-electron chi connectivity index (χ0n) is 10.9. The van der Waals surface area contributed by atoms with Crippen LogP contribution < -0.4 is 10.1 Å². The third kappa shape index (κ3) is 3.56. The van der Waals surface area contributed by atoms with Crippen LogP contribution in [0.3, 0.4) is 0 Å². The smallest absolute Gasteiger partial charge is 0.142 e. The van der Waals surface area contributed by atoms with Crippen LogP contribution in [0.4, 0.5) is 0 Å². The van der Waals surface area contributed by atoms with Crippen LogP contribution in [-0.4, -0.2) is 12.1 Å². The Morgan fingerprint density at radius 2 is 1.84 bits per heavy atom. The molecule has 2 aliphatic rings. The maximum Gasteiger partial charge on any atom is 0.142 e. The van der Waals surface area contributed by atoms with Gasteiger partial charge in [0.05, 0.1) is 11.1 Å². The van der Waals surface area contributed by atoms with Crippen molar-refractivity contribution < 1.29 is 4.74 Å². The molecule has 0 aromatic heterocycles. The van der Waals surface area contributed by atoms with Gasteiger partial charge in [-0.1, -0.05) is 23.2 Å². The summed E-state index contributed by atoms with van der Waals surface area (Å²) >= 11 is 12.4. The molecule has 0 aliphatic heterocycles. The standard InChI is InChI=1S/C15H19Cl2NO/c16-11-7-10(9-18-12-5-6-12)15(14(17)8-11)19-13-3-1-2-4-13/h7-8,12-13,18H,1-6,9H2. The van der Waals surface area contributed by atoms with Gasteiger partial charge in [0.25, 0.3) is 0 Å². The van der Waals surface area contributed by atoms with Gasteiger partial charge in [-0.25, -0.2) is 0 Å². The van der Waals surface area contributed by atoms with Gasteiger partial charge in [-0.15, -0.1) is 0 Å². The molecule has 3 rings (SSSR count). The summed E-state index contributed by atoms with van der Waals surface area (Å²) in [5.41, 5.74) is 1.08. The number of benzene rings is 1. The molecule has 2 saturated carbocycles. The molecule has 0 amide bonds. The number of rotatable bonds is 5. The number of halogens is 2. The van der Waals surface area contributed by atoms with Gasteiger partial charge >= 0.3 is 0 Å². The first-order valence-electron chi connectivity index (χ1n) is 7.10. The molecular weight excluding hydrogens is 281 g/mol. The summed E-state index contributed by atoms with van der Waals surface area (Å²) in [6.45, 7) is 0.785. The lowest BCUT2D eigenvalue weighted by Crippen LogP contribution is -2.18. The van der Waals surface area contributed by atoms with E-state index < -0.39 is 0 Å². The van der Waals surface area contributed by atoms with Crippen LogP contribution in [0.15, 0.2) is 12.1 Å². The first-order chi connectivity index (χ1) is 9.22. The number of nitrogens with one attached hydrogen (secondary N) is 1. The first-order valence-corrected chi connectivity index (χ1v) is 7.86. The van der Waals surface area contributed by atoms with Crippen LogP contribution in [0.2, 0.25) is 10.0 Å². The highest BCUT2D eigenvalue weighted by molar-refractivity contribution is 6.35. The summed E-state index contributed by atoms with van der Waals surface area (Å²) in [6, 6.07) is 4.40. The van der Waals surface area contributed by atoms with Gasteiger partial charge in [0.15, 0.2) is 0 Å². The third-order valence-corrected chi connectivity index (χ3v) is 4.33. The molecule has 0 saturated heterocycles. The Bertz CT molecular complexity index is 454. The molecule has 0 heterocycles. The molecule has 104 valence electrons. The molecule has 19 heavy (non-hydrogen) atoms. The molecule has 4 heteroatoms. The van der Waals surface area contributed by atoms with E-state index in [1.807, 2.05) is 6.07 Å². The maximum absolute atomic E-state index is 6.31. The van der Waals surface area contributed by atoms with Gasteiger partial charge in [-0.2, -0.15) is 0 Å². The lowest BCUT2D eigenvalue weighted by atomic mass is 10.2. The van der Waals surface area contributed by atoms with E-state index in [0.717, 1.165) is 30.7 Å². The quantitative estimate of drug-likeness (QED) is 0.860. The molecule has 0 spiro atoms. The minimum atomic E-state index is 0.318. The summed E-state index contributed by atoms with van der Waals surface area (Å²) in [5.74, 6) is 0.825. The van der Waals surface area contributed by atoms with Crippen molar-refractivity contribution in [2.75, 3.05) is 0 Å². The predicted molar refractivity (Wildman–Crippen MR) is 79.2 cm³/mol. The van der Waals surface area contributed by atoms with Crippen molar-refractivity contribution in [1.82, 2.24) is 5.32 Å². The van der Waals surface area contributed by atoms with Gasteiger partial charge in [0.2, 0.25) is 0 Å². The third-order valence-electron chi connectivity index (χ3n) is 3.83. The van der Waals surface area contributed by atoms with E-state index in [-0.39, 0.29) is 0 Å². The van der Waals surface area contributed by atoms with E-state index in [2.05, 4.69) is 5.32 Å². The molecule has 0 atom stereocenters. The second-order valence-electron chi connectivity index (χ2n) is 5.56. The molecule has 1 aromatic rings. The van der Waals surface area contributed by atoms with Gasteiger partial charge in [-0.3, -0.25) is 0 Å². The van der Waals surface area contributed by atoms with Gasteiger partial charge in [-0.05, 0) is 50.7 Å². The Morgan fingerprint density at radius 1 is 1.11 bits per heavy atom. The Hall–Kier alpha value is -0.440. The maximum atomic E-state index is 6.31. The molecule has 2 nitrogen and oxygen atoms in total. The summed E-state index contributed by atoms with van der Waals surface area (Å²) in [5, 5.41) is 4.80. The summed E-state index contributed by atoms with van der Waals surface area (Å²) < 4.78 is 6.11. The molecule has 0 unspecified atom stereocenters. The number of hydrogen-bond donors (Lipinski definition) is 1. The van der Waals surface area contributed by atoms with Crippen LogP contribution in [0.1, 0.15) is 44.1 Å². The van der Waals surface area contributed by atoms with Crippen LogP contribution in [-0.2, 0) is 6.54 Å². The fourth-order valence-electron chi connectivity index (χ4n) is 2.59. The molecule has 1 N–H and O–H groups in total. The summed E-state index contributed by atoms with van der Waals surface area (Å²) in [7, 11) is 0. The highest BCUT2D eigenvalue weighted by atomic mass is 35.5. The normalized spacial score (nSPS) is 19.9. The Morgan fingerprint density at radius 3 is 2.53 bits per heavy atom. The van der Waals surface area contributed by atoms with E-state index in [1.165, 1.54) is 25.7 Å². The fourth-order valence-corrected chi connectivity index (χ4v) is 3.17. The van der Waals surface area contributed by atoms with Crippen molar-refractivity contribution in [3.63, 3.8) is 0 Å². The molecule has 2 aliphatic carbocycles. The van der Waals surface area contributed by atoms with E-state index >= 15 is 0 Å². The molecule has 1 aromatic carbocycles. The van der Waals surface area contributed by atoms with Crippen LogP contribution in [0, 0.1) is 0 Å². The average Bonchev–Trinajstić information content (AvgIpc) is 3.06. The lowest BCUT2D eigenvalue weighted by Gasteiger charge is -2.18. The highest BCUT2D eigenvalue weighted by Gasteiger charge is 2.23. The summed E-state index contributed by atoms with van der Waals surface area (Å²) in [4.78, 5) is 0. The fraction of sp³-hybridized carbons (Fsp3) is 0.600. The van der Waals surface area contributed by atoms with Crippen molar-refractivity contribution in [1.29, 1.82) is 0 Å². The van der Waals surface area contributed by atoms with E-state index in [4.69, 9.17) is 27.9 Å². The van der Waals surface area contributed by atoms with Crippen molar-refractivity contribution in [2.45, 2.75) is 57.2 Å². The largest absolute Gasteiger partial charge is 0.489 e. The molecule has 2 fully saturated rings. The van der Waals surface area contributed by atoms with E-state index in [9.17, 15) is 0 Å². The van der Waals surface area contributed by atoms with Gasteiger partial charge < -0.3 is 10.1 Å². The highest BCUT2D eigenvalue weighted by Crippen LogP contribution is 2.36. The Balaban J connectivity index is 1.77. The number of ether oxygens (including phenoxy) is 1. The lowest BCUT2D eigenvalue weighted by molar-refractivity contribution is 0.207. The molecular formula is C15H19Cl2NO. The summed E-state index contributed by atoms with van der Waals surface area (Å²) in [6.07, 6.45) is 7.64. The van der Waals surface area contributed by atoms with Gasteiger partial charge in [0, 0.05) is 23.2 Å². The van der Waals surface area contributed by atoms with Crippen LogP contribution >= 0.6 is 23.2 Å². The van der Waals surface area contributed by atoms with Crippen molar-refractivity contribution in [2.24, 2.45) is 0 Å². The minimum absolute atomic E-state index is 0.318. The Labute approximate surface area is 124 Å². The number of hydrogen-bond acceptors (Lipinski definition) is 2. The van der Waals surface area contributed by atoms with Crippen LogP contribution in [0.5, 0.6) is 5.75 Å². The second-order valence-corrected chi connectivity index (χ2v) is 6.40. The van der Waals surface area contributed by atoms with Crippen molar-refractivity contribution >= 4 is 23.2 Å². The zero-order chi connectivity index (χ0) is 13.2. The monoisotopic (exact) mass is 299 g/mol. The molecule has 0 radical (unpaired) electrons. The van der Waals surface area contributed by atoms with Crippen molar-refractivity contribution in [3.05, 3.63) is 27.7 Å². The second kappa shape index (κ2) is 5.90. The zero-order valence-corrected chi connectivity index (χ0v) is 12.4. The SMILES string of the molecule is Clc1cc(Cl)c(OC2CCCC2)c(CNC2CC2)c1. The predicted octanol–water partition coefficient (Wildman–Crippen LogP) is 4.57. The minimum Gasteiger partial charge on any atom is -0.489 e. The van der Waals surface area contributed by atoms with Crippen LogP contribution in [0.25, 0.3) is 0 Å². The van der Waals surface area contributed by atoms with Crippen molar-refractivity contribution in [3.8, 4) is 5.75 Å².